The maximum absolute atomic E-state index is 10.9. The van der Waals surface area contributed by atoms with Gasteiger partial charge in [0.1, 0.15) is 0 Å². The molecule has 0 spiro atoms. The zero-order valence-corrected chi connectivity index (χ0v) is 15.1. The van der Waals surface area contributed by atoms with Gasteiger partial charge in [-0.3, -0.25) is 10.1 Å². The van der Waals surface area contributed by atoms with Crippen LogP contribution in [0.3, 0.4) is 0 Å². The zero-order chi connectivity index (χ0) is 16.5. The van der Waals surface area contributed by atoms with Gasteiger partial charge in [0.05, 0.1) is 11.5 Å². The first kappa shape index (κ1) is 18.0. The smallest absolute Gasteiger partial charge is 0.310 e. The van der Waals surface area contributed by atoms with Gasteiger partial charge in [0, 0.05) is 17.6 Å². The number of nitro groups is 1. The van der Waals surface area contributed by atoms with Gasteiger partial charge in [0.15, 0.2) is 14.4 Å². The van der Waals surface area contributed by atoms with E-state index in [1.54, 1.807) is 53.1 Å². The Labute approximate surface area is 147 Å². The summed E-state index contributed by atoms with van der Waals surface area (Å²) < 4.78 is 7.38. The molecule has 23 heavy (non-hydrogen) atoms. The zero-order valence-electron chi connectivity index (χ0n) is 12.6. The fraction of sp³-hybridized carbons (Fsp3) is 0.429. The van der Waals surface area contributed by atoms with Crippen molar-refractivity contribution in [1.29, 1.82) is 0 Å². The van der Waals surface area contributed by atoms with Gasteiger partial charge in [-0.15, -0.1) is 10.2 Å². The van der Waals surface area contributed by atoms with Crippen LogP contribution >= 0.6 is 34.9 Å². The van der Waals surface area contributed by atoms with Gasteiger partial charge in [-0.1, -0.05) is 60.3 Å². The molecule has 6 nitrogen and oxygen atoms in total. The fourth-order valence-corrected chi connectivity index (χ4v) is 4.69. The molecule has 0 atom stereocenters. The second-order valence-corrected chi connectivity index (χ2v) is 8.12. The minimum Gasteiger partial charge on any atom is -0.486 e. The van der Waals surface area contributed by atoms with Crippen LogP contribution in [0.15, 0.2) is 32.9 Å². The third-order valence-electron chi connectivity index (χ3n) is 2.74. The van der Waals surface area contributed by atoms with Crippen LogP contribution < -0.4 is 4.74 Å². The van der Waals surface area contributed by atoms with Gasteiger partial charge in [-0.25, -0.2) is 0 Å². The van der Waals surface area contributed by atoms with Gasteiger partial charge >= 0.3 is 5.69 Å². The minimum atomic E-state index is -0.437. The van der Waals surface area contributed by atoms with Crippen molar-refractivity contribution in [3.8, 4) is 5.75 Å². The van der Waals surface area contributed by atoms with E-state index in [1.807, 2.05) is 0 Å². The summed E-state index contributed by atoms with van der Waals surface area (Å²) in [4.78, 5) is 10.5. The normalized spacial score (nSPS) is 10.7. The van der Waals surface area contributed by atoms with Crippen molar-refractivity contribution in [2.45, 2.75) is 28.4 Å². The number of hydrogen-bond acceptors (Lipinski definition) is 8. The number of nitro benzene ring substituents is 1. The lowest BCUT2D eigenvalue weighted by Gasteiger charge is -2.05. The Morgan fingerprint density at radius 1 is 1.22 bits per heavy atom. The molecule has 0 aliphatic carbocycles. The molecule has 0 unspecified atom stereocenters. The number of para-hydroxylation sites is 2. The Kier molecular flexibility index (Phi) is 7.63. The number of unbranched alkanes of at least 4 members (excludes halogenated alkanes) is 1. The molecule has 0 saturated carbocycles. The summed E-state index contributed by atoms with van der Waals surface area (Å²) in [5, 5.41) is 19.2. The molecule has 1 aromatic carbocycles. The summed E-state index contributed by atoms with van der Waals surface area (Å²) in [5.41, 5.74) is -0.0111. The Morgan fingerprint density at radius 2 is 1.91 bits per heavy atom. The van der Waals surface area contributed by atoms with Crippen LogP contribution in [-0.4, -0.2) is 33.2 Å². The highest BCUT2D eigenvalue weighted by molar-refractivity contribution is 8.03. The number of rotatable bonds is 10. The van der Waals surface area contributed by atoms with E-state index in [9.17, 15) is 10.1 Å². The molecule has 0 aliphatic rings. The van der Waals surface area contributed by atoms with Crippen LogP contribution in [0.25, 0.3) is 0 Å². The molecular weight excluding hydrogens is 354 g/mol. The first-order valence-electron chi connectivity index (χ1n) is 7.16. The van der Waals surface area contributed by atoms with Crippen LogP contribution in [0.5, 0.6) is 5.75 Å². The molecule has 1 aromatic heterocycles. The van der Waals surface area contributed by atoms with Crippen molar-refractivity contribution in [3.05, 3.63) is 34.4 Å². The number of benzene rings is 1. The Balaban J connectivity index is 1.74. The fourth-order valence-electron chi connectivity index (χ4n) is 1.63. The van der Waals surface area contributed by atoms with Crippen molar-refractivity contribution in [3.63, 3.8) is 0 Å². The monoisotopic (exact) mass is 371 g/mol. The predicted molar refractivity (Wildman–Crippen MR) is 94.9 cm³/mol. The van der Waals surface area contributed by atoms with Crippen molar-refractivity contribution in [1.82, 2.24) is 10.2 Å². The highest BCUT2D eigenvalue weighted by atomic mass is 32.2. The Hall–Kier alpha value is -1.32. The van der Waals surface area contributed by atoms with Crippen molar-refractivity contribution in [2.75, 3.05) is 18.1 Å². The molecule has 124 valence electrons. The summed E-state index contributed by atoms with van der Waals surface area (Å²) in [6.45, 7) is 2.55. The first-order valence-corrected chi connectivity index (χ1v) is 9.94. The topological polar surface area (TPSA) is 78.2 Å². The highest BCUT2D eigenvalue weighted by Gasteiger charge is 2.13. The average Bonchev–Trinajstić information content (AvgIpc) is 3.00. The van der Waals surface area contributed by atoms with E-state index < -0.39 is 4.92 Å². The second-order valence-electron chi connectivity index (χ2n) is 4.46. The van der Waals surface area contributed by atoms with Crippen molar-refractivity contribution in [2.24, 2.45) is 0 Å². The van der Waals surface area contributed by atoms with E-state index in [-0.39, 0.29) is 5.69 Å². The van der Waals surface area contributed by atoms with Gasteiger partial charge in [-0.2, -0.15) is 0 Å². The Morgan fingerprint density at radius 3 is 2.61 bits per heavy atom. The van der Waals surface area contributed by atoms with E-state index in [1.165, 1.54) is 18.9 Å². The highest BCUT2D eigenvalue weighted by Crippen LogP contribution is 2.30. The lowest BCUT2D eigenvalue weighted by molar-refractivity contribution is -0.385. The maximum Gasteiger partial charge on any atom is 0.310 e. The molecule has 9 heteroatoms. The molecule has 0 aliphatic heterocycles. The van der Waals surface area contributed by atoms with Gasteiger partial charge in [-0.05, 0) is 12.5 Å². The van der Waals surface area contributed by atoms with Crippen LogP contribution in [0.4, 0.5) is 5.69 Å². The molecule has 0 bridgehead atoms. The van der Waals surface area contributed by atoms with Crippen LogP contribution in [0.2, 0.25) is 0 Å². The van der Waals surface area contributed by atoms with Gasteiger partial charge < -0.3 is 4.74 Å². The van der Waals surface area contributed by atoms with E-state index in [0.29, 0.717) is 18.1 Å². The SMILES string of the molecule is CCCCSc1nnc(SCCOc2ccccc2[N+](=O)[O-])s1. The molecule has 0 fully saturated rings. The summed E-state index contributed by atoms with van der Waals surface area (Å²) >= 11 is 4.86. The third-order valence-corrected chi connectivity index (χ3v) is 5.98. The maximum atomic E-state index is 10.9. The number of nitrogens with zero attached hydrogens (tertiary/aromatic N) is 3. The molecule has 0 radical (unpaired) electrons. The Bertz CT molecular complexity index is 636. The predicted octanol–water partition coefficient (Wildman–Crippen LogP) is 4.51. The van der Waals surface area contributed by atoms with Gasteiger partial charge in [0.2, 0.25) is 0 Å². The molecule has 1 heterocycles. The first-order chi connectivity index (χ1) is 11.2. The number of hydrogen-bond donors (Lipinski definition) is 0. The molecule has 2 rings (SSSR count). The van der Waals surface area contributed by atoms with Crippen molar-refractivity contribution >= 4 is 40.5 Å². The molecular formula is C14H17N3O3S3. The lowest BCUT2D eigenvalue weighted by Crippen LogP contribution is -2.02. The summed E-state index contributed by atoms with van der Waals surface area (Å²) in [5.74, 6) is 2.03. The lowest BCUT2D eigenvalue weighted by atomic mass is 10.3. The van der Waals surface area contributed by atoms with Crippen molar-refractivity contribution < 1.29 is 9.66 Å². The summed E-state index contributed by atoms with van der Waals surface area (Å²) in [7, 11) is 0. The van der Waals surface area contributed by atoms with E-state index in [4.69, 9.17) is 4.74 Å². The van der Waals surface area contributed by atoms with Crippen LogP contribution in [0, 0.1) is 10.1 Å². The van der Waals surface area contributed by atoms with Crippen LogP contribution in [0.1, 0.15) is 19.8 Å². The molecule has 0 amide bonds. The van der Waals surface area contributed by atoms with Crippen LogP contribution in [-0.2, 0) is 0 Å². The quantitative estimate of drug-likeness (QED) is 0.263. The third kappa shape index (κ3) is 6.00. The number of ether oxygens (including phenoxy) is 1. The minimum absolute atomic E-state index is 0.0111. The molecule has 0 saturated heterocycles. The average molecular weight is 372 g/mol. The molecule has 2 aromatic rings. The number of aromatic nitrogens is 2. The van der Waals surface area contributed by atoms with E-state index in [0.717, 1.165) is 14.4 Å². The standard InChI is InChI=1S/C14H17N3O3S3/c1-2-3-9-21-13-15-16-14(23-13)22-10-8-20-12-7-5-4-6-11(12)17(18)19/h4-7H,2-3,8-10H2,1H3. The largest absolute Gasteiger partial charge is 0.486 e. The van der Waals surface area contributed by atoms with E-state index in [2.05, 4.69) is 17.1 Å². The number of thioether (sulfide) groups is 2. The second kappa shape index (κ2) is 9.74. The summed E-state index contributed by atoms with van der Waals surface area (Å²) in [6, 6.07) is 6.39. The summed E-state index contributed by atoms with van der Waals surface area (Å²) in [6.07, 6.45) is 2.35. The van der Waals surface area contributed by atoms with Gasteiger partial charge in [0.25, 0.3) is 0 Å². The van der Waals surface area contributed by atoms with E-state index >= 15 is 0 Å². The molecule has 0 N–H and O–H groups in total.